The molecule has 0 aliphatic rings. The normalized spacial score (nSPS) is 10.3. The summed E-state index contributed by atoms with van der Waals surface area (Å²) in [6.07, 6.45) is 3.70. The number of hydrogen-bond acceptors (Lipinski definition) is 1. The van der Waals surface area contributed by atoms with Crippen LogP contribution in [0.25, 0.3) is 21.8 Å². The van der Waals surface area contributed by atoms with Crippen molar-refractivity contribution in [1.29, 1.82) is 0 Å². The molecule has 1 N–H and O–H groups in total. The minimum absolute atomic E-state index is 0. The molecule has 2 nitrogen and oxygen atoms in total. The monoisotopic (exact) mass is 204 g/mol. The summed E-state index contributed by atoms with van der Waals surface area (Å²) in [4.78, 5) is 7.45. The zero-order valence-corrected chi connectivity index (χ0v) is 8.21. The zero-order chi connectivity index (χ0) is 8.67. The molecular weight excluding hydrogens is 196 g/mol. The topological polar surface area (TPSA) is 28.7 Å². The molecule has 70 valence electrons. The molecule has 0 saturated heterocycles. The maximum absolute atomic E-state index is 4.12. The number of hydrogen-bond donors (Lipinski definition) is 1. The zero-order valence-electron chi connectivity index (χ0n) is 7.40. The van der Waals surface area contributed by atoms with Crippen molar-refractivity contribution in [3.8, 4) is 0 Å². The number of aromatic nitrogens is 2. The number of pyridine rings is 1. The van der Waals surface area contributed by atoms with Crippen molar-refractivity contribution in [3.05, 3.63) is 42.7 Å². The number of nitrogens with one attached hydrogen (secondary N) is 1. The summed E-state index contributed by atoms with van der Waals surface area (Å²) in [5.41, 5.74) is 2.32. The molecular formula is C11H9ClN2. The fraction of sp³-hybridized carbons (Fsp3) is 0. The second kappa shape index (κ2) is 3.31. The van der Waals surface area contributed by atoms with E-state index in [0.29, 0.717) is 0 Å². The van der Waals surface area contributed by atoms with Gasteiger partial charge in [-0.25, -0.2) is 0 Å². The first-order chi connectivity index (χ1) is 6.45. The molecule has 3 heteroatoms. The van der Waals surface area contributed by atoms with Gasteiger partial charge in [-0.3, -0.25) is 4.98 Å². The SMILES string of the molecule is Cl.c1ccc2c(c1)[nH]c1ccncc12. The average molecular weight is 205 g/mol. The van der Waals surface area contributed by atoms with Crippen LogP contribution in [-0.2, 0) is 0 Å². The summed E-state index contributed by atoms with van der Waals surface area (Å²) >= 11 is 0. The first kappa shape index (κ1) is 9.03. The quantitative estimate of drug-likeness (QED) is 0.599. The Morgan fingerprint density at radius 2 is 1.71 bits per heavy atom. The van der Waals surface area contributed by atoms with Gasteiger partial charge in [0.25, 0.3) is 0 Å². The van der Waals surface area contributed by atoms with Gasteiger partial charge in [-0.05, 0) is 12.1 Å². The van der Waals surface area contributed by atoms with Crippen molar-refractivity contribution in [2.45, 2.75) is 0 Å². The Kier molecular flexibility index (Phi) is 2.14. The van der Waals surface area contributed by atoms with Crippen molar-refractivity contribution in [2.24, 2.45) is 0 Å². The van der Waals surface area contributed by atoms with E-state index in [-0.39, 0.29) is 12.4 Å². The maximum atomic E-state index is 4.12. The van der Waals surface area contributed by atoms with Gasteiger partial charge in [0, 0.05) is 34.2 Å². The lowest BCUT2D eigenvalue weighted by atomic mass is 10.2. The minimum atomic E-state index is 0. The standard InChI is InChI=1S/C11H8N2.ClH/c1-2-4-10-8(3-1)9-7-12-6-5-11(9)13-10;/h1-7,13H;1H. The van der Waals surface area contributed by atoms with Gasteiger partial charge in [-0.15, -0.1) is 12.4 Å². The molecule has 0 radical (unpaired) electrons. The minimum Gasteiger partial charge on any atom is -0.354 e. The molecule has 0 spiro atoms. The number of para-hydroxylation sites is 1. The Labute approximate surface area is 87.4 Å². The van der Waals surface area contributed by atoms with Gasteiger partial charge in [0.2, 0.25) is 0 Å². The number of fused-ring (bicyclic) bond motifs is 3. The average Bonchev–Trinajstić information content (AvgIpc) is 2.56. The molecule has 3 rings (SSSR count). The van der Waals surface area contributed by atoms with Crippen LogP contribution in [0.3, 0.4) is 0 Å². The molecule has 14 heavy (non-hydrogen) atoms. The third kappa shape index (κ3) is 1.16. The Hall–Kier alpha value is -1.54. The summed E-state index contributed by atoms with van der Waals surface area (Å²) in [6, 6.07) is 10.3. The summed E-state index contributed by atoms with van der Waals surface area (Å²) < 4.78 is 0. The number of nitrogens with zero attached hydrogens (tertiary/aromatic N) is 1. The predicted octanol–water partition coefficient (Wildman–Crippen LogP) is 3.14. The van der Waals surface area contributed by atoms with E-state index in [2.05, 4.69) is 22.1 Å². The molecule has 0 amide bonds. The van der Waals surface area contributed by atoms with Gasteiger partial charge in [-0.2, -0.15) is 0 Å². The van der Waals surface area contributed by atoms with Gasteiger partial charge in [0.05, 0.1) is 0 Å². The summed E-state index contributed by atoms with van der Waals surface area (Å²) in [5.74, 6) is 0. The maximum Gasteiger partial charge on any atom is 0.0495 e. The third-order valence-electron chi connectivity index (χ3n) is 2.31. The third-order valence-corrected chi connectivity index (χ3v) is 2.31. The highest BCUT2D eigenvalue weighted by atomic mass is 35.5. The van der Waals surface area contributed by atoms with Gasteiger partial charge >= 0.3 is 0 Å². The molecule has 2 aromatic heterocycles. The van der Waals surface area contributed by atoms with Crippen molar-refractivity contribution < 1.29 is 0 Å². The fourth-order valence-corrected chi connectivity index (χ4v) is 1.69. The number of H-pyrrole nitrogens is 1. The Morgan fingerprint density at radius 1 is 0.929 bits per heavy atom. The van der Waals surface area contributed by atoms with E-state index in [1.54, 1.807) is 6.20 Å². The second-order valence-corrected chi connectivity index (χ2v) is 3.09. The van der Waals surface area contributed by atoms with Crippen molar-refractivity contribution in [3.63, 3.8) is 0 Å². The van der Waals surface area contributed by atoms with E-state index >= 15 is 0 Å². The van der Waals surface area contributed by atoms with Crippen LogP contribution in [0.2, 0.25) is 0 Å². The van der Waals surface area contributed by atoms with Crippen LogP contribution in [0.5, 0.6) is 0 Å². The lowest BCUT2D eigenvalue weighted by Crippen LogP contribution is -1.68. The highest BCUT2D eigenvalue weighted by Gasteiger charge is 2.00. The lowest BCUT2D eigenvalue weighted by Gasteiger charge is -1.87. The van der Waals surface area contributed by atoms with Crippen LogP contribution in [-0.4, -0.2) is 9.97 Å². The van der Waals surface area contributed by atoms with E-state index in [0.717, 1.165) is 5.52 Å². The largest absolute Gasteiger partial charge is 0.354 e. The van der Waals surface area contributed by atoms with Gasteiger partial charge in [-0.1, -0.05) is 18.2 Å². The molecule has 0 atom stereocenters. The van der Waals surface area contributed by atoms with Gasteiger partial charge in [0.1, 0.15) is 0 Å². The fourth-order valence-electron chi connectivity index (χ4n) is 1.69. The highest BCUT2D eigenvalue weighted by Crippen LogP contribution is 2.23. The molecule has 0 fully saturated rings. The van der Waals surface area contributed by atoms with Crippen molar-refractivity contribution in [1.82, 2.24) is 9.97 Å². The van der Waals surface area contributed by atoms with Crippen LogP contribution in [0.4, 0.5) is 0 Å². The molecule has 2 heterocycles. The lowest BCUT2D eigenvalue weighted by molar-refractivity contribution is 1.36. The van der Waals surface area contributed by atoms with E-state index < -0.39 is 0 Å². The first-order valence-corrected chi connectivity index (χ1v) is 4.25. The number of aromatic amines is 1. The number of rotatable bonds is 0. The first-order valence-electron chi connectivity index (χ1n) is 4.25. The molecule has 0 aliphatic heterocycles. The summed E-state index contributed by atoms with van der Waals surface area (Å²) in [7, 11) is 0. The predicted molar refractivity (Wildman–Crippen MR) is 60.8 cm³/mol. The van der Waals surface area contributed by atoms with Crippen molar-refractivity contribution in [2.75, 3.05) is 0 Å². The Morgan fingerprint density at radius 3 is 2.64 bits per heavy atom. The van der Waals surface area contributed by atoms with E-state index in [4.69, 9.17) is 0 Å². The van der Waals surface area contributed by atoms with E-state index in [1.807, 2.05) is 24.4 Å². The Balaban J connectivity index is 0.000000750. The van der Waals surface area contributed by atoms with Crippen LogP contribution in [0.15, 0.2) is 42.7 Å². The van der Waals surface area contributed by atoms with Crippen LogP contribution < -0.4 is 0 Å². The van der Waals surface area contributed by atoms with E-state index in [1.165, 1.54) is 16.3 Å². The second-order valence-electron chi connectivity index (χ2n) is 3.09. The number of benzene rings is 1. The highest BCUT2D eigenvalue weighted by molar-refractivity contribution is 6.06. The van der Waals surface area contributed by atoms with Crippen LogP contribution in [0, 0.1) is 0 Å². The molecule has 1 aromatic carbocycles. The molecule has 0 unspecified atom stereocenters. The molecule has 3 aromatic rings. The van der Waals surface area contributed by atoms with Crippen LogP contribution >= 0.6 is 12.4 Å². The molecule has 0 saturated carbocycles. The molecule has 0 bridgehead atoms. The summed E-state index contributed by atoms with van der Waals surface area (Å²) in [5, 5.41) is 2.43. The van der Waals surface area contributed by atoms with E-state index in [9.17, 15) is 0 Å². The van der Waals surface area contributed by atoms with Gasteiger partial charge < -0.3 is 4.98 Å². The smallest absolute Gasteiger partial charge is 0.0495 e. The van der Waals surface area contributed by atoms with Crippen LogP contribution in [0.1, 0.15) is 0 Å². The summed E-state index contributed by atoms with van der Waals surface area (Å²) in [6.45, 7) is 0. The Bertz CT molecular complexity index is 521. The number of halogens is 1. The molecule has 0 aliphatic carbocycles. The van der Waals surface area contributed by atoms with Gasteiger partial charge in [0.15, 0.2) is 0 Å². The van der Waals surface area contributed by atoms with Crippen molar-refractivity contribution >= 4 is 34.2 Å².